The Morgan fingerprint density at radius 2 is 2.24 bits per heavy atom. The van der Waals surface area contributed by atoms with Crippen molar-refractivity contribution in [2.24, 2.45) is 5.92 Å². The molecular weight excluding hydrogens is 356 g/mol. The van der Waals surface area contributed by atoms with E-state index < -0.39 is 10.0 Å². The van der Waals surface area contributed by atoms with Gasteiger partial charge in [-0.2, -0.15) is 0 Å². The Balaban J connectivity index is 2.08. The second kappa shape index (κ2) is 7.69. The van der Waals surface area contributed by atoms with Crippen LogP contribution in [0.1, 0.15) is 18.4 Å². The zero-order valence-electron chi connectivity index (χ0n) is 12.1. The first kappa shape index (κ1) is 16.9. The monoisotopic (exact) mass is 376 g/mol. The van der Waals surface area contributed by atoms with Crippen LogP contribution in [0.4, 0.5) is 0 Å². The fraction of sp³-hybridized carbons (Fsp3) is 0.571. The lowest BCUT2D eigenvalue weighted by Gasteiger charge is -2.22. The first-order chi connectivity index (χ1) is 10.0. The highest BCUT2D eigenvalue weighted by Gasteiger charge is 2.21. The molecular formula is C14H21BrN2O3S. The largest absolute Gasteiger partial charge is 0.381 e. The molecule has 0 amide bonds. The normalized spacial score (nSPS) is 19.6. The molecule has 2 rings (SSSR count). The number of halogens is 1. The summed E-state index contributed by atoms with van der Waals surface area (Å²) < 4.78 is 33.6. The van der Waals surface area contributed by atoms with Crippen LogP contribution >= 0.6 is 15.9 Å². The van der Waals surface area contributed by atoms with Gasteiger partial charge in [-0.15, -0.1) is 0 Å². The Labute approximate surface area is 134 Å². The van der Waals surface area contributed by atoms with Crippen molar-refractivity contribution < 1.29 is 13.2 Å². The summed E-state index contributed by atoms with van der Waals surface area (Å²) in [5.41, 5.74) is 0.932. The maximum absolute atomic E-state index is 12.4. The Morgan fingerprint density at radius 1 is 1.43 bits per heavy atom. The number of hydrogen-bond donors (Lipinski definition) is 2. The van der Waals surface area contributed by atoms with Gasteiger partial charge in [-0.25, -0.2) is 13.1 Å². The fourth-order valence-electron chi connectivity index (χ4n) is 2.34. The Bertz CT molecular complexity index is 572. The molecule has 1 fully saturated rings. The first-order valence-corrected chi connectivity index (χ1v) is 9.31. The molecule has 0 spiro atoms. The van der Waals surface area contributed by atoms with E-state index in [2.05, 4.69) is 26.0 Å². The van der Waals surface area contributed by atoms with Crippen LogP contribution in [0, 0.1) is 5.92 Å². The molecule has 0 aliphatic carbocycles. The highest BCUT2D eigenvalue weighted by molar-refractivity contribution is 9.10. The molecule has 2 N–H and O–H groups in total. The van der Waals surface area contributed by atoms with Crippen LogP contribution in [0.25, 0.3) is 0 Å². The SMILES string of the molecule is CNCc1ccc(Br)c(S(=O)(=O)NCC2CCCOC2)c1. The van der Waals surface area contributed by atoms with Crippen LogP contribution in [0.3, 0.4) is 0 Å². The third-order valence-electron chi connectivity index (χ3n) is 3.48. The second-order valence-electron chi connectivity index (χ2n) is 5.23. The van der Waals surface area contributed by atoms with E-state index in [1.165, 1.54) is 0 Å². The lowest BCUT2D eigenvalue weighted by molar-refractivity contribution is 0.0568. The predicted molar refractivity (Wildman–Crippen MR) is 85.6 cm³/mol. The average molecular weight is 377 g/mol. The molecule has 118 valence electrons. The molecule has 1 unspecified atom stereocenters. The lowest BCUT2D eigenvalue weighted by Crippen LogP contribution is -2.33. The zero-order valence-corrected chi connectivity index (χ0v) is 14.5. The standard InChI is InChI=1S/C14H21BrN2O3S/c1-16-8-11-4-5-13(15)14(7-11)21(18,19)17-9-12-3-2-6-20-10-12/h4-5,7,12,16-17H,2-3,6,8-10H2,1H3. The Hall–Kier alpha value is -0.470. The van der Waals surface area contributed by atoms with E-state index in [9.17, 15) is 8.42 Å². The van der Waals surface area contributed by atoms with E-state index in [0.717, 1.165) is 25.0 Å². The van der Waals surface area contributed by atoms with Gasteiger partial charge < -0.3 is 10.1 Å². The molecule has 1 atom stereocenters. The van der Waals surface area contributed by atoms with Gasteiger partial charge in [0.05, 0.1) is 11.5 Å². The van der Waals surface area contributed by atoms with E-state index in [0.29, 0.717) is 24.2 Å². The van der Waals surface area contributed by atoms with Gasteiger partial charge in [0.1, 0.15) is 0 Å². The van der Waals surface area contributed by atoms with Gasteiger partial charge >= 0.3 is 0 Å². The van der Waals surface area contributed by atoms with Crippen LogP contribution in [-0.4, -0.2) is 35.2 Å². The number of ether oxygens (including phenoxy) is 1. The van der Waals surface area contributed by atoms with E-state index in [1.807, 2.05) is 13.1 Å². The smallest absolute Gasteiger partial charge is 0.241 e. The molecule has 1 aromatic carbocycles. The minimum atomic E-state index is -3.51. The molecule has 1 aliphatic rings. The van der Waals surface area contributed by atoms with E-state index in [4.69, 9.17) is 4.74 Å². The first-order valence-electron chi connectivity index (χ1n) is 7.03. The topological polar surface area (TPSA) is 67.4 Å². The van der Waals surface area contributed by atoms with Crippen molar-refractivity contribution in [3.8, 4) is 0 Å². The molecule has 21 heavy (non-hydrogen) atoms. The van der Waals surface area contributed by atoms with Crippen LogP contribution in [0.15, 0.2) is 27.6 Å². The predicted octanol–water partition coefficient (Wildman–Crippen LogP) is 1.87. The van der Waals surface area contributed by atoms with Crippen LogP contribution in [0.2, 0.25) is 0 Å². The van der Waals surface area contributed by atoms with E-state index >= 15 is 0 Å². The van der Waals surface area contributed by atoms with Crippen LogP contribution in [0.5, 0.6) is 0 Å². The van der Waals surface area contributed by atoms with Crippen LogP contribution < -0.4 is 10.0 Å². The average Bonchev–Trinajstić information content (AvgIpc) is 2.48. The molecule has 1 aromatic rings. The van der Waals surface area contributed by atoms with Crippen molar-refractivity contribution >= 4 is 26.0 Å². The number of rotatable bonds is 6. The third-order valence-corrected chi connectivity index (χ3v) is 5.90. The lowest BCUT2D eigenvalue weighted by atomic mass is 10.0. The Kier molecular flexibility index (Phi) is 6.19. The number of nitrogens with one attached hydrogen (secondary N) is 2. The maximum atomic E-state index is 12.4. The van der Waals surface area contributed by atoms with Crippen molar-refractivity contribution in [1.82, 2.24) is 10.0 Å². The molecule has 5 nitrogen and oxygen atoms in total. The highest BCUT2D eigenvalue weighted by atomic mass is 79.9. The molecule has 1 aliphatic heterocycles. The van der Waals surface area contributed by atoms with Gasteiger partial charge in [0.2, 0.25) is 10.0 Å². The number of sulfonamides is 1. The Morgan fingerprint density at radius 3 is 2.90 bits per heavy atom. The molecule has 0 bridgehead atoms. The summed E-state index contributed by atoms with van der Waals surface area (Å²) in [4.78, 5) is 0.284. The molecule has 7 heteroatoms. The zero-order chi connectivity index (χ0) is 15.3. The summed E-state index contributed by atoms with van der Waals surface area (Å²) in [5.74, 6) is 0.257. The highest BCUT2D eigenvalue weighted by Crippen LogP contribution is 2.23. The van der Waals surface area contributed by atoms with Gasteiger partial charge in [0.25, 0.3) is 0 Å². The summed E-state index contributed by atoms with van der Waals surface area (Å²) >= 11 is 3.32. The van der Waals surface area contributed by atoms with Crippen molar-refractivity contribution in [2.75, 3.05) is 26.8 Å². The van der Waals surface area contributed by atoms with Gasteiger partial charge in [-0.3, -0.25) is 0 Å². The van der Waals surface area contributed by atoms with Crippen molar-refractivity contribution in [3.05, 3.63) is 28.2 Å². The summed E-state index contributed by atoms with van der Waals surface area (Å²) in [5, 5.41) is 3.02. The molecule has 0 radical (unpaired) electrons. The summed E-state index contributed by atoms with van der Waals surface area (Å²) in [6, 6.07) is 5.36. The minimum absolute atomic E-state index is 0.257. The molecule has 1 heterocycles. The minimum Gasteiger partial charge on any atom is -0.381 e. The van der Waals surface area contributed by atoms with Crippen molar-refractivity contribution in [3.63, 3.8) is 0 Å². The molecule has 0 aromatic heterocycles. The quantitative estimate of drug-likeness (QED) is 0.795. The van der Waals surface area contributed by atoms with E-state index in [-0.39, 0.29) is 10.8 Å². The molecule has 1 saturated heterocycles. The van der Waals surface area contributed by atoms with Crippen molar-refractivity contribution in [1.29, 1.82) is 0 Å². The van der Waals surface area contributed by atoms with Gasteiger partial charge in [-0.05, 0) is 59.4 Å². The number of hydrogen-bond acceptors (Lipinski definition) is 4. The summed E-state index contributed by atoms with van der Waals surface area (Å²) in [7, 11) is -1.68. The second-order valence-corrected chi connectivity index (χ2v) is 7.82. The van der Waals surface area contributed by atoms with Gasteiger partial charge in [0, 0.05) is 24.2 Å². The third kappa shape index (κ3) is 4.75. The molecule has 0 saturated carbocycles. The fourth-order valence-corrected chi connectivity index (χ4v) is 4.47. The van der Waals surface area contributed by atoms with E-state index in [1.54, 1.807) is 12.1 Å². The van der Waals surface area contributed by atoms with Gasteiger partial charge in [-0.1, -0.05) is 6.07 Å². The summed E-state index contributed by atoms with van der Waals surface area (Å²) in [6.07, 6.45) is 2.00. The number of benzene rings is 1. The summed E-state index contributed by atoms with van der Waals surface area (Å²) in [6.45, 7) is 2.46. The van der Waals surface area contributed by atoms with Crippen LogP contribution in [-0.2, 0) is 21.3 Å². The van der Waals surface area contributed by atoms with Crippen molar-refractivity contribution in [2.45, 2.75) is 24.3 Å². The van der Waals surface area contributed by atoms with Gasteiger partial charge in [0.15, 0.2) is 0 Å². The maximum Gasteiger partial charge on any atom is 0.241 e.